The molecule has 23 heavy (non-hydrogen) atoms. The molecular weight excluding hydrogens is 294 g/mol. The van der Waals surface area contributed by atoms with Crippen molar-refractivity contribution in [3.8, 4) is 0 Å². The monoisotopic (exact) mass is 315 g/mol. The lowest BCUT2D eigenvalue weighted by Gasteiger charge is -2.32. The van der Waals surface area contributed by atoms with E-state index in [0.29, 0.717) is 25.5 Å². The number of hydrogen-bond acceptors (Lipinski definition) is 5. The van der Waals surface area contributed by atoms with Crippen LogP contribution in [0.25, 0.3) is 0 Å². The lowest BCUT2D eigenvalue weighted by molar-refractivity contribution is -0.140. The van der Waals surface area contributed by atoms with Crippen LogP contribution in [0, 0.1) is 20.8 Å². The quantitative estimate of drug-likeness (QED) is 0.851. The molecule has 3 heterocycles. The van der Waals surface area contributed by atoms with Gasteiger partial charge >= 0.3 is 0 Å². The fraction of sp³-hybridized carbons (Fsp3) is 0.500. The number of hydrogen-bond donors (Lipinski definition) is 0. The number of aryl methyl sites for hydroxylation is 3. The summed E-state index contributed by atoms with van der Waals surface area (Å²) < 4.78 is 7.52. The van der Waals surface area contributed by atoms with Crippen LogP contribution in [0.5, 0.6) is 0 Å². The number of ether oxygens (including phenoxy) is 1. The smallest absolute Gasteiger partial charge is 0.244 e. The van der Waals surface area contributed by atoms with Crippen molar-refractivity contribution in [1.82, 2.24) is 24.6 Å². The highest BCUT2D eigenvalue weighted by Gasteiger charge is 2.26. The van der Waals surface area contributed by atoms with Crippen molar-refractivity contribution < 1.29 is 9.53 Å². The number of morpholine rings is 1. The molecule has 2 aromatic heterocycles. The van der Waals surface area contributed by atoms with Gasteiger partial charge in [0.1, 0.15) is 18.5 Å². The van der Waals surface area contributed by atoms with Crippen LogP contribution in [0.1, 0.15) is 29.0 Å². The van der Waals surface area contributed by atoms with Gasteiger partial charge in [-0.15, -0.1) is 0 Å². The van der Waals surface area contributed by atoms with Crippen LogP contribution in [0.4, 0.5) is 0 Å². The molecule has 1 amide bonds. The molecule has 7 heteroatoms. The zero-order chi connectivity index (χ0) is 16.4. The van der Waals surface area contributed by atoms with Crippen molar-refractivity contribution in [2.24, 2.45) is 0 Å². The predicted octanol–water partition coefficient (Wildman–Crippen LogP) is 1.20. The molecule has 0 spiro atoms. The molecule has 1 saturated heterocycles. The molecular formula is C16H21N5O2. The second-order valence-electron chi connectivity index (χ2n) is 5.81. The van der Waals surface area contributed by atoms with E-state index in [1.165, 1.54) is 0 Å². The molecule has 1 fully saturated rings. The van der Waals surface area contributed by atoms with Crippen molar-refractivity contribution in [1.29, 1.82) is 0 Å². The zero-order valence-corrected chi connectivity index (χ0v) is 13.7. The molecule has 122 valence electrons. The summed E-state index contributed by atoms with van der Waals surface area (Å²) in [6, 6.07) is 3.81. The van der Waals surface area contributed by atoms with Crippen molar-refractivity contribution in [2.45, 2.75) is 33.4 Å². The Balaban J connectivity index is 1.68. The van der Waals surface area contributed by atoms with Gasteiger partial charge in [0.25, 0.3) is 0 Å². The number of nitrogens with zero attached hydrogens (tertiary/aromatic N) is 5. The van der Waals surface area contributed by atoms with Gasteiger partial charge in [0.2, 0.25) is 5.91 Å². The molecule has 0 radical (unpaired) electrons. The van der Waals surface area contributed by atoms with E-state index in [9.17, 15) is 4.79 Å². The summed E-state index contributed by atoms with van der Waals surface area (Å²) in [6.07, 6.45) is 1.52. The Labute approximate surface area is 135 Å². The number of rotatable bonds is 3. The van der Waals surface area contributed by atoms with Crippen LogP contribution in [0.2, 0.25) is 0 Å². The lowest BCUT2D eigenvalue weighted by Crippen LogP contribution is -2.44. The van der Waals surface area contributed by atoms with E-state index in [1.807, 2.05) is 37.8 Å². The largest absolute Gasteiger partial charge is 0.368 e. The van der Waals surface area contributed by atoms with Crippen molar-refractivity contribution in [3.63, 3.8) is 0 Å². The Kier molecular flexibility index (Phi) is 4.38. The molecule has 7 nitrogen and oxygen atoms in total. The topological polar surface area (TPSA) is 73.1 Å². The molecule has 1 atom stereocenters. The van der Waals surface area contributed by atoms with Gasteiger partial charge in [-0.05, 0) is 32.9 Å². The van der Waals surface area contributed by atoms with Crippen LogP contribution >= 0.6 is 0 Å². The fourth-order valence-corrected chi connectivity index (χ4v) is 2.77. The standard InChI is InChI=1S/C16H21N5O2/c1-11-8-12(2)21(19-11)10-16(22)20-6-7-23-15(9-20)14-4-5-17-13(3)18-14/h4-5,8,15H,6-7,9-10H2,1-3H3. The maximum Gasteiger partial charge on any atom is 0.244 e. The maximum absolute atomic E-state index is 12.5. The Morgan fingerprint density at radius 2 is 2.22 bits per heavy atom. The van der Waals surface area contributed by atoms with Crippen molar-refractivity contribution in [3.05, 3.63) is 41.2 Å². The zero-order valence-electron chi connectivity index (χ0n) is 13.7. The summed E-state index contributed by atoms with van der Waals surface area (Å²) in [6.45, 7) is 7.60. The number of aromatic nitrogens is 4. The molecule has 0 aromatic carbocycles. The van der Waals surface area contributed by atoms with Crippen molar-refractivity contribution in [2.75, 3.05) is 19.7 Å². The number of carbonyl (C=O) groups is 1. The lowest BCUT2D eigenvalue weighted by atomic mass is 10.2. The highest BCUT2D eigenvalue weighted by Crippen LogP contribution is 2.20. The summed E-state index contributed by atoms with van der Waals surface area (Å²) >= 11 is 0. The first-order valence-electron chi connectivity index (χ1n) is 7.73. The van der Waals surface area contributed by atoms with Gasteiger partial charge in [-0.2, -0.15) is 5.10 Å². The van der Waals surface area contributed by atoms with E-state index in [-0.39, 0.29) is 18.6 Å². The Hall–Kier alpha value is -2.28. The van der Waals surface area contributed by atoms with Crippen LogP contribution in [-0.4, -0.2) is 50.3 Å². The predicted molar refractivity (Wildman–Crippen MR) is 83.7 cm³/mol. The molecule has 1 aliphatic heterocycles. The van der Waals surface area contributed by atoms with Gasteiger partial charge in [-0.1, -0.05) is 0 Å². The molecule has 2 aromatic rings. The molecule has 3 rings (SSSR count). The molecule has 0 aliphatic carbocycles. The minimum atomic E-state index is -0.199. The second kappa shape index (κ2) is 6.45. The highest BCUT2D eigenvalue weighted by atomic mass is 16.5. The average Bonchev–Trinajstić information content (AvgIpc) is 2.85. The third kappa shape index (κ3) is 3.56. The van der Waals surface area contributed by atoms with E-state index in [0.717, 1.165) is 17.1 Å². The normalized spacial score (nSPS) is 18.2. The summed E-state index contributed by atoms with van der Waals surface area (Å²) in [5.41, 5.74) is 2.74. The Bertz CT molecular complexity index is 712. The summed E-state index contributed by atoms with van der Waals surface area (Å²) in [5.74, 6) is 0.757. The summed E-state index contributed by atoms with van der Waals surface area (Å²) in [7, 11) is 0. The Morgan fingerprint density at radius 1 is 1.39 bits per heavy atom. The Morgan fingerprint density at radius 3 is 2.91 bits per heavy atom. The van der Waals surface area contributed by atoms with E-state index >= 15 is 0 Å². The first-order valence-corrected chi connectivity index (χ1v) is 7.73. The maximum atomic E-state index is 12.5. The first kappa shape index (κ1) is 15.6. The molecule has 0 N–H and O–H groups in total. The average molecular weight is 315 g/mol. The highest BCUT2D eigenvalue weighted by molar-refractivity contribution is 5.76. The first-order chi connectivity index (χ1) is 11.0. The van der Waals surface area contributed by atoms with Gasteiger partial charge in [0, 0.05) is 18.4 Å². The van der Waals surface area contributed by atoms with E-state index in [4.69, 9.17) is 4.74 Å². The summed E-state index contributed by atoms with van der Waals surface area (Å²) in [5, 5.41) is 4.35. The molecule has 0 bridgehead atoms. The third-order valence-electron chi connectivity index (χ3n) is 3.93. The summed E-state index contributed by atoms with van der Waals surface area (Å²) in [4.78, 5) is 22.9. The van der Waals surface area contributed by atoms with Crippen LogP contribution < -0.4 is 0 Å². The molecule has 1 unspecified atom stereocenters. The van der Waals surface area contributed by atoms with E-state index in [2.05, 4.69) is 15.1 Å². The van der Waals surface area contributed by atoms with E-state index < -0.39 is 0 Å². The van der Waals surface area contributed by atoms with E-state index in [1.54, 1.807) is 10.9 Å². The number of amides is 1. The third-order valence-corrected chi connectivity index (χ3v) is 3.93. The fourth-order valence-electron chi connectivity index (χ4n) is 2.77. The van der Waals surface area contributed by atoms with Crippen molar-refractivity contribution >= 4 is 5.91 Å². The minimum absolute atomic E-state index is 0.0512. The minimum Gasteiger partial charge on any atom is -0.368 e. The van der Waals surface area contributed by atoms with Gasteiger partial charge in [-0.3, -0.25) is 9.48 Å². The molecule has 1 aliphatic rings. The van der Waals surface area contributed by atoms with Crippen LogP contribution in [-0.2, 0) is 16.1 Å². The van der Waals surface area contributed by atoms with Crippen LogP contribution in [0.3, 0.4) is 0 Å². The van der Waals surface area contributed by atoms with Gasteiger partial charge in [0.05, 0.1) is 24.5 Å². The number of carbonyl (C=O) groups excluding carboxylic acids is 1. The van der Waals surface area contributed by atoms with Gasteiger partial charge in [-0.25, -0.2) is 9.97 Å². The van der Waals surface area contributed by atoms with Gasteiger partial charge < -0.3 is 9.64 Å². The second-order valence-corrected chi connectivity index (χ2v) is 5.81. The van der Waals surface area contributed by atoms with Crippen LogP contribution in [0.15, 0.2) is 18.3 Å². The molecule has 0 saturated carbocycles. The van der Waals surface area contributed by atoms with Gasteiger partial charge in [0.15, 0.2) is 0 Å². The SMILES string of the molecule is Cc1cc(C)n(CC(=O)N2CCOC(c3ccnc(C)n3)C2)n1.